The zero-order valence-electron chi connectivity index (χ0n) is 15.4. The normalized spacial score (nSPS) is 17.0. The number of hydrogen-bond acceptors (Lipinski definition) is 5. The van der Waals surface area contributed by atoms with Gasteiger partial charge in [-0.15, -0.1) is 0 Å². The minimum absolute atomic E-state index is 0.218. The molecule has 0 radical (unpaired) electrons. The molecule has 1 atom stereocenters. The highest BCUT2D eigenvalue weighted by molar-refractivity contribution is 5.78. The van der Waals surface area contributed by atoms with Crippen LogP contribution in [0.5, 0.6) is 0 Å². The van der Waals surface area contributed by atoms with Gasteiger partial charge in [0.15, 0.2) is 0 Å². The Kier molecular flexibility index (Phi) is 6.91. The maximum atomic E-state index is 11.7. The number of hydrogen-bond donors (Lipinski definition) is 1. The van der Waals surface area contributed by atoms with Gasteiger partial charge in [-0.25, -0.2) is 4.79 Å². The Morgan fingerprint density at radius 2 is 1.92 bits per heavy atom. The van der Waals surface area contributed by atoms with Crippen molar-refractivity contribution in [1.82, 2.24) is 4.90 Å². The van der Waals surface area contributed by atoms with Crippen LogP contribution in [0.15, 0.2) is 24.3 Å². The van der Waals surface area contributed by atoms with Crippen LogP contribution in [0.1, 0.15) is 26.7 Å². The number of carbonyl (C=O) groups excluding carboxylic acids is 1. The van der Waals surface area contributed by atoms with Crippen molar-refractivity contribution in [3.05, 3.63) is 24.3 Å². The van der Waals surface area contributed by atoms with Gasteiger partial charge in [0.05, 0.1) is 6.61 Å². The summed E-state index contributed by atoms with van der Waals surface area (Å²) >= 11 is 0. The molecule has 0 bridgehead atoms. The van der Waals surface area contributed by atoms with Crippen LogP contribution >= 0.6 is 0 Å². The topological polar surface area (TPSA) is 44.8 Å². The van der Waals surface area contributed by atoms with E-state index in [4.69, 9.17) is 4.74 Å². The Morgan fingerprint density at radius 3 is 2.46 bits per heavy atom. The molecule has 134 valence electrons. The molecule has 1 aliphatic rings. The monoisotopic (exact) mass is 333 g/mol. The molecule has 1 heterocycles. The van der Waals surface area contributed by atoms with E-state index >= 15 is 0 Å². The number of nitrogens with one attached hydrogen (secondary N) is 1. The van der Waals surface area contributed by atoms with Crippen molar-refractivity contribution in [2.45, 2.75) is 32.7 Å². The predicted octanol–water partition coefficient (Wildman–Crippen LogP) is 2.83. The lowest BCUT2D eigenvalue weighted by Crippen LogP contribution is -2.37. The number of piperidine rings is 1. The Hall–Kier alpha value is -1.75. The first-order valence-corrected chi connectivity index (χ1v) is 8.92. The molecule has 0 aliphatic carbocycles. The van der Waals surface area contributed by atoms with Crippen molar-refractivity contribution < 1.29 is 9.53 Å². The summed E-state index contributed by atoms with van der Waals surface area (Å²) < 4.78 is 5.02. The van der Waals surface area contributed by atoms with Crippen molar-refractivity contribution in [2.75, 3.05) is 50.6 Å². The second kappa shape index (κ2) is 8.92. The van der Waals surface area contributed by atoms with Gasteiger partial charge in [-0.05, 0) is 71.0 Å². The Bertz CT molecular complexity index is 508. The molecule has 1 N–H and O–H groups in total. The first-order chi connectivity index (χ1) is 11.5. The Labute approximate surface area is 146 Å². The number of anilines is 2. The molecule has 1 aliphatic heterocycles. The minimum Gasteiger partial charge on any atom is -0.464 e. The van der Waals surface area contributed by atoms with Crippen molar-refractivity contribution in [3.8, 4) is 0 Å². The molecule has 0 saturated carbocycles. The second-order valence-electron chi connectivity index (χ2n) is 6.86. The third kappa shape index (κ3) is 5.41. The molecule has 5 nitrogen and oxygen atoms in total. The summed E-state index contributed by atoms with van der Waals surface area (Å²) in [6.07, 6.45) is 2.50. The standard InChI is InChI=1S/C19H31N3O2/c1-5-24-19(23)15(2)20-17-6-8-18(9-7-17)22-12-10-16(11-13-22)14-21(3)4/h6-9,15-16,20H,5,10-14H2,1-4H3/t15-/m0/s1. The first-order valence-electron chi connectivity index (χ1n) is 8.92. The van der Waals surface area contributed by atoms with Crippen LogP contribution in [0.3, 0.4) is 0 Å². The maximum Gasteiger partial charge on any atom is 0.328 e. The summed E-state index contributed by atoms with van der Waals surface area (Å²) in [5.41, 5.74) is 2.20. The molecule has 2 rings (SSSR count). The molecule has 0 spiro atoms. The average molecular weight is 333 g/mol. The number of esters is 1. The van der Waals surface area contributed by atoms with Gasteiger partial charge in [0.2, 0.25) is 0 Å². The van der Waals surface area contributed by atoms with E-state index < -0.39 is 0 Å². The van der Waals surface area contributed by atoms with E-state index in [2.05, 4.69) is 41.3 Å². The van der Waals surface area contributed by atoms with Crippen LogP contribution < -0.4 is 10.2 Å². The summed E-state index contributed by atoms with van der Waals surface area (Å²) in [6, 6.07) is 8.00. The fourth-order valence-corrected chi connectivity index (χ4v) is 3.23. The van der Waals surface area contributed by atoms with Gasteiger partial charge >= 0.3 is 5.97 Å². The second-order valence-corrected chi connectivity index (χ2v) is 6.86. The SMILES string of the molecule is CCOC(=O)[C@H](C)Nc1ccc(N2CCC(CN(C)C)CC2)cc1. The van der Waals surface area contributed by atoms with Crippen molar-refractivity contribution in [2.24, 2.45) is 5.92 Å². The molecule has 0 aromatic heterocycles. The quantitative estimate of drug-likeness (QED) is 0.778. The van der Waals surface area contributed by atoms with Gasteiger partial charge < -0.3 is 19.9 Å². The van der Waals surface area contributed by atoms with Crippen LogP contribution in [0, 0.1) is 5.92 Å². The Balaban J connectivity index is 1.85. The fourth-order valence-electron chi connectivity index (χ4n) is 3.23. The van der Waals surface area contributed by atoms with Crippen LogP contribution in [-0.2, 0) is 9.53 Å². The molecule has 24 heavy (non-hydrogen) atoms. The van der Waals surface area contributed by atoms with Crippen LogP contribution in [0.25, 0.3) is 0 Å². The maximum absolute atomic E-state index is 11.7. The van der Waals surface area contributed by atoms with E-state index in [1.165, 1.54) is 25.1 Å². The van der Waals surface area contributed by atoms with E-state index in [9.17, 15) is 4.79 Å². The van der Waals surface area contributed by atoms with E-state index in [1.807, 2.05) is 26.0 Å². The van der Waals surface area contributed by atoms with Gasteiger partial charge in [0.25, 0.3) is 0 Å². The highest BCUT2D eigenvalue weighted by atomic mass is 16.5. The zero-order valence-corrected chi connectivity index (χ0v) is 15.4. The van der Waals surface area contributed by atoms with E-state index in [1.54, 1.807) is 0 Å². The van der Waals surface area contributed by atoms with Gasteiger partial charge in [-0.3, -0.25) is 0 Å². The summed E-state index contributed by atoms with van der Waals surface area (Å²) in [6.45, 7) is 7.47. The molecule has 1 aromatic carbocycles. The minimum atomic E-state index is -0.336. The summed E-state index contributed by atoms with van der Waals surface area (Å²) in [7, 11) is 4.30. The number of benzene rings is 1. The molecule has 1 saturated heterocycles. The van der Waals surface area contributed by atoms with E-state index in [0.29, 0.717) is 6.61 Å². The summed E-state index contributed by atoms with van der Waals surface area (Å²) in [5.74, 6) is 0.590. The van der Waals surface area contributed by atoms with E-state index in [0.717, 1.165) is 24.7 Å². The lowest BCUT2D eigenvalue weighted by atomic mass is 9.96. The number of ether oxygens (including phenoxy) is 1. The summed E-state index contributed by atoms with van der Waals surface area (Å²) in [4.78, 5) is 16.4. The van der Waals surface area contributed by atoms with E-state index in [-0.39, 0.29) is 12.0 Å². The van der Waals surface area contributed by atoms with Gasteiger partial charge in [0.1, 0.15) is 6.04 Å². The lowest BCUT2D eigenvalue weighted by molar-refractivity contribution is -0.143. The lowest BCUT2D eigenvalue weighted by Gasteiger charge is -2.34. The zero-order chi connectivity index (χ0) is 17.5. The van der Waals surface area contributed by atoms with Crippen molar-refractivity contribution in [1.29, 1.82) is 0 Å². The third-order valence-electron chi connectivity index (χ3n) is 4.49. The average Bonchev–Trinajstić information content (AvgIpc) is 2.56. The number of carbonyl (C=O) groups is 1. The third-order valence-corrected chi connectivity index (χ3v) is 4.49. The molecule has 0 amide bonds. The molecule has 1 fully saturated rings. The predicted molar refractivity (Wildman–Crippen MR) is 99.7 cm³/mol. The molecular formula is C19H31N3O2. The van der Waals surface area contributed by atoms with Crippen LogP contribution in [0.2, 0.25) is 0 Å². The number of rotatable bonds is 7. The molecular weight excluding hydrogens is 302 g/mol. The highest BCUT2D eigenvalue weighted by Crippen LogP contribution is 2.25. The highest BCUT2D eigenvalue weighted by Gasteiger charge is 2.20. The largest absolute Gasteiger partial charge is 0.464 e. The smallest absolute Gasteiger partial charge is 0.328 e. The number of nitrogens with zero attached hydrogens (tertiary/aromatic N) is 2. The first kappa shape index (κ1) is 18.6. The molecule has 1 aromatic rings. The van der Waals surface area contributed by atoms with Gasteiger partial charge in [0, 0.05) is 31.0 Å². The summed E-state index contributed by atoms with van der Waals surface area (Å²) in [5, 5.41) is 3.19. The molecule has 0 unspecified atom stereocenters. The van der Waals surface area contributed by atoms with Gasteiger partial charge in [-0.1, -0.05) is 0 Å². The molecule has 5 heteroatoms. The van der Waals surface area contributed by atoms with Crippen molar-refractivity contribution in [3.63, 3.8) is 0 Å². The Morgan fingerprint density at radius 1 is 1.29 bits per heavy atom. The van der Waals surface area contributed by atoms with Gasteiger partial charge in [-0.2, -0.15) is 0 Å². The van der Waals surface area contributed by atoms with Crippen LogP contribution in [0.4, 0.5) is 11.4 Å². The van der Waals surface area contributed by atoms with Crippen molar-refractivity contribution >= 4 is 17.3 Å². The fraction of sp³-hybridized carbons (Fsp3) is 0.632. The van der Waals surface area contributed by atoms with Crippen LogP contribution in [-0.4, -0.2) is 57.2 Å².